The third kappa shape index (κ3) is 7.00. The van der Waals surface area contributed by atoms with Gasteiger partial charge in [0.05, 0.1) is 6.54 Å². The van der Waals surface area contributed by atoms with Crippen LogP contribution >= 0.6 is 24.0 Å². The zero-order valence-corrected chi connectivity index (χ0v) is 16.2. The molecule has 0 aromatic heterocycles. The zero-order chi connectivity index (χ0) is 15.9. The van der Waals surface area contributed by atoms with E-state index in [0.717, 1.165) is 17.8 Å². The van der Waals surface area contributed by atoms with Gasteiger partial charge >= 0.3 is 0 Å². The van der Waals surface area contributed by atoms with E-state index in [1.165, 1.54) is 11.1 Å². The van der Waals surface area contributed by atoms with Crippen molar-refractivity contribution in [2.75, 3.05) is 19.4 Å². The van der Waals surface area contributed by atoms with Crippen LogP contribution in [-0.2, 0) is 13.1 Å². The molecule has 0 aliphatic heterocycles. The number of nitrogens with zero attached hydrogens (tertiary/aromatic N) is 2. The maximum Gasteiger partial charge on any atom is 0.193 e. The molecule has 0 aliphatic rings. The molecule has 2 aromatic carbocycles. The van der Waals surface area contributed by atoms with Crippen molar-refractivity contribution in [1.29, 1.82) is 0 Å². The topological polar surface area (TPSA) is 53.6 Å². The van der Waals surface area contributed by atoms with Crippen molar-refractivity contribution in [3.05, 3.63) is 65.2 Å². The summed E-state index contributed by atoms with van der Waals surface area (Å²) < 4.78 is 0. The van der Waals surface area contributed by atoms with E-state index in [9.17, 15) is 0 Å². The minimum Gasteiger partial charge on any atom is -0.370 e. The van der Waals surface area contributed by atoms with Crippen molar-refractivity contribution in [1.82, 2.24) is 4.90 Å². The largest absolute Gasteiger partial charge is 0.370 e. The number of nitrogens with one attached hydrogen (secondary N) is 1. The van der Waals surface area contributed by atoms with E-state index in [-0.39, 0.29) is 24.0 Å². The molecular formula is C18H25IN4. The number of guanidine groups is 1. The molecule has 0 bridgehead atoms. The summed E-state index contributed by atoms with van der Waals surface area (Å²) in [6.45, 7) is 3.56. The number of benzene rings is 2. The normalized spacial score (nSPS) is 11.2. The molecule has 0 radical (unpaired) electrons. The van der Waals surface area contributed by atoms with Crippen LogP contribution in [0.5, 0.6) is 0 Å². The standard InChI is InChI=1S/C18H24N4.HI/c1-14-7-9-17(10-8-14)21-18(19)20-12-15-5-4-6-16(11-15)13-22(2)3;/h4-11H,12-13H2,1-3H3,(H3,19,20,21);1H. The van der Waals surface area contributed by atoms with Crippen LogP contribution in [0.2, 0.25) is 0 Å². The highest BCUT2D eigenvalue weighted by atomic mass is 127. The second kappa shape index (κ2) is 9.52. The van der Waals surface area contributed by atoms with Crippen molar-refractivity contribution >= 4 is 35.6 Å². The van der Waals surface area contributed by atoms with Gasteiger partial charge in [-0.25, -0.2) is 4.99 Å². The molecular weight excluding hydrogens is 399 g/mol. The number of aliphatic imine (C=N–C) groups is 1. The molecule has 0 atom stereocenters. The van der Waals surface area contributed by atoms with E-state index in [1.807, 2.05) is 24.3 Å². The van der Waals surface area contributed by atoms with Crippen LogP contribution in [0.3, 0.4) is 0 Å². The average Bonchev–Trinajstić information content (AvgIpc) is 2.47. The Balaban J connectivity index is 0.00000264. The third-order valence-corrected chi connectivity index (χ3v) is 3.25. The lowest BCUT2D eigenvalue weighted by Crippen LogP contribution is -2.22. The predicted octanol–water partition coefficient (Wildman–Crippen LogP) is 3.60. The number of hydrogen-bond donors (Lipinski definition) is 2. The summed E-state index contributed by atoms with van der Waals surface area (Å²) in [6.07, 6.45) is 0. The lowest BCUT2D eigenvalue weighted by Gasteiger charge is -2.10. The molecule has 0 unspecified atom stereocenters. The maximum atomic E-state index is 5.94. The fourth-order valence-corrected chi connectivity index (χ4v) is 2.19. The molecule has 3 N–H and O–H groups in total. The van der Waals surface area contributed by atoms with Crippen LogP contribution in [0.1, 0.15) is 16.7 Å². The number of aryl methyl sites for hydroxylation is 1. The minimum absolute atomic E-state index is 0. The van der Waals surface area contributed by atoms with Gasteiger partial charge in [0, 0.05) is 12.2 Å². The summed E-state index contributed by atoms with van der Waals surface area (Å²) >= 11 is 0. The molecule has 5 heteroatoms. The molecule has 0 fully saturated rings. The number of halogens is 1. The first-order valence-corrected chi connectivity index (χ1v) is 7.39. The second-order valence-electron chi connectivity index (χ2n) is 5.75. The van der Waals surface area contributed by atoms with Crippen molar-refractivity contribution < 1.29 is 0 Å². The van der Waals surface area contributed by atoms with E-state index in [4.69, 9.17) is 5.73 Å². The van der Waals surface area contributed by atoms with Gasteiger partial charge in [0.15, 0.2) is 5.96 Å². The molecule has 2 aromatic rings. The van der Waals surface area contributed by atoms with Gasteiger partial charge < -0.3 is 16.0 Å². The highest BCUT2D eigenvalue weighted by molar-refractivity contribution is 14.0. The smallest absolute Gasteiger partial charge is 0.193 e. The van der Waals surface area contributed by atoms with E-state index in [2.05, 4.69) is 60.5 Å². The van der Waals surface area contributed by atoms with Gasteiger partial charge in [-0.15, -0.1) is 24.0 Å². The molecule has 124 valence electrons. The number of hydrogen-bond acceptors (Lipinski definition) is 2. The Morgan fingerprint density at radius 3 is 2.39 bits per heavy atom. The van der Waals surface area contributed by atoms with Gasteiger partial charge in [0.1, 0.15) is 0 Å². The zero-order valence-electron chi connectivity index (χ0n) is 13.9. The molecule has 0 saturated carbocycles. The molecule has 23 heavy (non-hydrogen) atoms. The Morgan fingerprint density at radius 2 is 1.74 bits per heavy atom. The van der Waals surface area contributed by atoms with Crippen LogP contribution in [-0.4, -0.2) is 25.0 Å². The van der Waals surface area contributed by atoms with E-state index < -0.39 is 0 Å². The number of nitrogens with two attached hydrogens (primary N) is 1. The first-order valence-electron chi connectivity index (χ1n) is 7.39. The fraction of sp³-hybridized carbons (Fsp3) is 0.278. The Labute approximate surface area is 155 Å². The quantitative estimate of drug-likeness (QED) is 0.438. The van der Waals surface area contributed by atoms with Crippen molar-refractivity contribution in [2.45, 2.75) is 20.0 Å². The van der Waals surface area contributed by atoms with E-state index in [0.29, 0.717) is 12.5 Å². The van der Waals surface area contributed by atoms with E-state index in [1.54, 1.807) is 0 Å². The van der Waals surface area contributed by atoms with Crippen molar-refractivity contribution in [3.8, 4) is 0 Å². The molecule has 0 heterocycles. The van der Waals surface area contributed by atoms with Gasteiger partial charge in [0.25, 0.3) is 0 Å². The molecule has 4 nitrogen and oxygen atoms in total. The summed E-state index contributed by atoms with van der Waals surface area (Å²) in [4.78, 5) is 6.55. The second-order valence-corrected chi connectivity index (χ2v) is 5.75. The van der Waals surface area contributed by atoms with Gasteiger partial charge in [-0.05, 0) is 44.3 Å². The molecule has 0 amide bonds. The van der Waals surface area contributed by atoms with Crippen molar-refractivity contribution in [3.63, 3.8) is 0 Å². The minimum atomic E-state index is 0. The maximum absolute atomic E-state index is 5.94. The van der Waals surface area contributed by atoms with Crippen LogP contribution in [0.25, 0.3) is 0 Å². The van der Waals surface area contributed by atoms with Crippen LogP contribution in [0, 0.1) is 6.92 Å². The average molecular weight is 424 g/mol. The molecule has 2 rings (SSSR count). The summed E-state index contributed by atoms with van der Waals surface area (Å²) in [6, 6.07) is 16.5. The summed E-state index contributed by atoms with van der Waals surface area (Å²) in [5, 5.41) is 3.11. The Hall–Kier alpha value is -1.60. The van der Waals surface area contributed by atoms with Crippen LogP contribution in [0.4, 0.5) is 5.69 Å². The Kier molecular flexibility index (Phi) is 8.05. The van der Waals surface area contributed by atoms with Gasteiger partial charge in [-0.2, -0.15) is 0 Å². The summed E-state index contributed by atoms with van der Waals surface area (Å²) in [5.41, 5.74) is 10.6. The van der Waals surface area contributed by atoms with Gasteiger partial charge in [0.2, 0.25) is 0 Å². The lowest BCUT2D eigenvalue weighted by atomic mass is 10.1. The van der Waals surface area contributed by atoms with Crippen LogP contribution < -0.4 is 11.1 Å². The number of rotatable bonds is 5. The fourth-order valence-electron chi connectivity index (χ4n) is 2.19. The molecule has 0 saturated heterocycles. The molecule has 0 spiro atoms. The Bertz CT molecular complexity index is 636. The Morgan fingerprint density at radius 1 is 1.09 bits per heavy atom. The third-order valence-electron chi connectivity index (χ3n) is 3.25. The van der Waals surface area contributed by atoms with Crippen molar-refractivity contribution in [2.24, 2.45) is 10.7 Å². The monoisotopic (exact) mass is 424 g/mol. The number of anilines is 1. The highest BCUT2D eigenvalue weighted by Crippen LogP contribution is 2.10. The predicted molar refractivity (Wildman–Crippen MR) is 109 cm³/mol. The van der Waals surface area contributed by atoms with Crippen LogP contribution in [0.15, 0.2) is 53.5 Å². The van der Waals surface area contributed by atoms with E-state index >= 15 is 0 Å². The van der Waals surface area contributed by atoms with Gasteiger partial charge in [-0.3, -0.25) is 0 Å². The highest BCUT2D eigenvalue weighted by Gasteiger charge is 1.99. The van der Waals surface area contributed by atoms with Gasteiger partial charge in [-0.1, -0.05) is 42.0 Å². The molecule has 0 aliphatic carbocycles. The summed E-state index contributed by atoms with van der Waals surface area (Å²) in [7, 11) is 4.13. The first-order chi connectivity index (χ1) is 10.5. The summed E-state index contributed by atoms with van der Waals surface area (Å²) in [5.74, 6) is 0.432. The lowest BCUT2D eigenvalue weighted by molar-refractivity contribution is 0.402. The SMILES string of the molecule is Cc1ccc(NC(N)=NCc2cccc(CN(C)C)c2)cc1.I. The first kappa shape index (κ1) is 19.4.